The summed E-state index contributed by atoms with van der Waals surface area (Å²) in [7, 11) is 3.14. The van der Waals surface area contributed by atoms with Gasteiger partial charge in [-0.15, -0.1) is 0 Å². The Morgan fingerprint density at radius 1 is 1.08 bits per heavy atom. The molecule has 0 fully saturated rings. The Morgan fingerprint density at radius 2 is 1.77 bits per heavy atom. The fraction of sp³-hybridized carbons (Fsp3) is 0.350. The molecule has 140 valence electrons. The van der Waals surface area contributed by atoms with E-state index in [1.165, 1.54) is 6.07 Å². The first kappa shape index (κ1) is 19.6. The zero-order valence-electron chi connectivity index (χ0n) is 15.6. The van der Waals surface area contributed by atoms with Crippen molar-refractivity contribution in [2.45, 2.75) is 25.8 Å². The third kappa shape index (κ3) is 4.88. The molecule has 2 aromatic carbocycles. The maximum Gasteiger partial charge on any atom is 0.315 e. The number of carbonyl (C=O) groups is 1. The lowest BCUT2D eigenvalue weighted by Gasteiger charge is -2.27. The maximum absolute atomic E-state index is 13.6. The number of carbonyl (C=O) groups excluding carboxylic acids is 1. The van der Waals surface area contributed by atoms with Gasteiger partial charge in [0.2, 0.25) is 0 Å². The van der Waals surface area contributed by atoms with E-state index in [4.69, 9.17) is 9.47 Å². The Kier molecular flexibility index (Phi) is 6.44. The molecule has 0 saturated heterocycles. The second kappa shape index (κ2) is 8.56. The molecule has 2 N–H and O–H groups in total. The normalized spacial score (nSPS) is 11.0. The van der Waals surface area contributed by atoms with Crippen LogP contribution in [0, 0.1) is 5.82 Å². The van der Waals surface area contributed by atoms with Gasteiger partial charge in [0.15, 0.2) is 11.5 Å². The van der Waals surface area contributed by atoms with Gasteiger partial charge in [0.25, 0.3) is 0 Å². The summed E-state index contributed by atoms with van der Waals surface area (Å²) in [6.07, 6.45) is 0.427. The Labute approximate surface area is 153 Å². The Balaban J connectivity index is 1.95. The van der Waals surface area contributed by atoms with E-state index in [0.29, 0.717) is 30.0 Å². The zero-order valence-corrected chi connectivity index (χ0v) is 15.6. The Hall–Kier alpha value is -2.76. The number of halogens is 1. The molecule has 0 aliphatic rings. The van der Waals surface area contributed by atoms with Crippen LogP contribution in [0.3, 0.4) is 0 Å². The van der Waals surface area contributed by atoms with Crippen LogP contribution in [-0.2, 0) is 12.0 Å². The van der Waals surface area contributed by atoms with E-state index >= 15 is 0 Å². The monoisotopic (exact) mass is 360 g/mol. The maximum atomic E-state index is 13.6. The van der Waals surface area contributed by atoms with Crippen molar-refractivity contribution in [3.05, 3.63) is 59.4 Å². The van der Waals surface area contributed by atoms with Crippen LogP contribution in [0.4, 0.5) is 9.18 Å². The minimum Gasteiger partial charge on any atom is -0.493 e. The molecule has 0 radical (unpaired) electrons. The van der Waals surface area contributed by atoms with E-state index < -0.39 is 5.54 Å². The molecule has 26 heavy (non-hydrogen) atoms. The summed E-state index contributed by atoms with van der Waals surface area (Å²) in [5.74, 6) is 0.960. The summed E-state index contributed by atoms with van der Waals surface area (Å²) < 4.78 is 24.1. The van der Waals surface area contributed by atoms with Crippen molar-refractivity contribution in [1.82, 2.24) is 10.6 Å². The molecule has 2 rings (SSSR count). The molecule has 0 atom stereocenters. The largest absolute Gasteiger partial charge is 0.493 e. The SMILES string of the molecule is COc1ccc(C(C)(C)NC(=O)NCCc2ccccc2F)cc1OC. The Bertz CT molecular complexity index is 762. The summed E-state index contributed by atoms with van der Waals surface area (Å²) in [5, 5.41) is 5.68. The molecule has 2 aromatic rings. The minimum atomic E-state index is -0.623. The molecular formula is C20H25FN2O3. The quantitative estimate of drug-likeness (QED) is 0.793. The van der Waals surface area contributed by atoms with Gasteiger partial charge in [-0.05, 0) is 49.6 Å². The molecule has 0 unspecified atom stereocenters. The van der Waals surface area contributed by atoms with Crippen LogP contribution in [0.25, 0.3) is 0 Å². The van der Waals surface area contributed by atoms with Gasteiger partial charge < -0.3 is 20.1 Å². The molecule has 0 saturated carbocycles. The van der Waals surface area contributed by atoms with E-state index in [-0.39, 0.29) is 11.8 Å². The van der Waals surface area contributed by atoms with Crippen molar-refractivity contribution < 1.29 is 18.7 Å². The predicted octanol–water partition coefficient (Wildman–Crippen LogP) is 3.62. The first-order chi connectivity index (χ1) is 12.4. The number of ether oxygens (including phenoxy) is 2. The smallest absolute Gasteiger partial charge is 0.315 e. The zero-order chi connectivity index (χ0) is 19.2. The van der Waals surface area contributed by atoms with Gasteiger partial charge >= 0.3 is 6.03 Å². The summed E-state index contributed by atoms with van der Waals surface area (Å²) in [6.45, 7) is 4.13. The molecule has 0 heterocycles. The van der Waals surface area contributed by atoms with Crippen LogP contribution in [0.15, 0.2) is 42.5 Å². The van der Waals surface area contributed by atoms with Gasteiger partial charge in [0.1, 0.15) is 5.82 Å². The molecule has 0 bridgehead atoms. The van der Waals surface area contributed by atoms with Gasteiger partial charge in [-0.1, -0.05) is 24.3 Å². The van der Waals surface area contributed by atoms with Crippen LogP contribution in [-0.4, -0.2) is 26.8 Å². The molecule has 6 heteroatoms. The average molecular weight is 360 g/mol. The highest BCUT2D eigenvalue weighted by Gasteiger charge is 2.24. The third-order valence-electron chi connectivity index (χ3n) is 4.17. The van der Waals surface area contributed by atoms with Crippen molar-refractivity contribution >= 4 is 6.03 Å². The standard InChI is InChI=1S/C20H25FN2O3/c1-20(2,15-9-10-17(25-3)18(13-15)26-4)23-19(24)22-12-11-14-7-5-6-8-16(14)21/h5-10,13H,11-12H2,1-4H3,(H2,22,23,24). The summed E-state index contributed by atoms with van der Waals surface area (Å²) in [6, 6.07) is 11.7. The van der Waals surface area contributed by atoms with Crippen molar-refractivity contribution in [2.24, 2.45) is 0 Å². The number of hydrogen-bond acceptors (Lipinski definition) is 3. The third-order valence-corrected chi connectivity index (χ3v) is 4.17. The predicted molar refractivity (Wildman–Crippen MR) is 99.2 cm³/mol. The summed E-state index contributed by atoms with van der Waals surface area (Å²) in [5.41, 5.74) is 0.827. The lowest BCUT2D eigenvalue weighted by Crippen LogP contribution is -2.46. The molecule has 0 aliphatic heterocycles. The number of benzene rings is 2. The number of rotatable bonds is 7. The number of methoxy groups -OCH3 is 2. The highest BCUT2D eigenvalue weighted by atomic mass is 19.1. The van der Waals surface area contributed by atoms with Crippen LogP contribution >= 0.6 is 0 Å². The fourth-order valence-corrected chi connectivity index (χ4v) is 2.64. The second-order valence-electron chi connectivity index (χ2n) is 6.42. The van der Waals surface area contributed by atoms with Crippen molar-refractivity contribution in [1.29, 1.82) is 0 Å². The lowest BCUT2D eigenvalue weighted by atomic mass is 9.94. The molecule has 2 amide bonds. The summed E-state index contributed by atoms with van der Waals surface area (Å²) in [4.78, 5) is 12.2. The fourth-order valence-electron chi connectivity index (χ4n) is 2.64. The van der Waals surface area contributed by atoms with Crippen LogP contribution in [0.2, 0.25) is 0 Å². The highest BCUT2D eigenvalue weighted by molar-refractivity contribution is 5.75. The van der Waals surface area contributed by atoms with Gasteiger partial charge in [-0.2, -0.15) is 0 Å². The topological polar surface area (TPSA) is 59.6 Å². The van der Waals surface area contributed by atoms with E-state index in [2.05, 4.69) is 10.6 Å². The lowest BCUT2D eigenvalue weighted by molar-refractivity contribution is 0.230. The van der Waals surface area contributed by atoms with E-state index in [0.717, 1.165) is 5.56 Å². The average Bonchev–Trinajstić information content (AvgIpc) is 2.62. The second-order valence-corrected chi connectivity index (χ2v) is 6.42. The van der Waals surface area contributed by atoms with E-state index in [1.54, 1.807) is 38.5 Å². The first-order valence-corrected chi connectivity index (χ1v) is 8.39. The van der Waals surface area contributed by atoms with E-state index in [9.17, 15) is 9.18 Å². The number of urea groups is 1. The van der Waals surface area contributed by atoms with Crippen molar-refractivity contribution in [2.75, 3.05) is 20.8 Å². The van der Waals surface area contributed by atoms with Gasteiger partial charge in [0.05, 0.1) is 19.8 Å². The molecule has 0 aromatic heterocycles. The summed E-state index contributed by atoms with van der Waals surface area (Å²) >= 11 is 0. The first-order valence-electron chi connectivity index (χ1n) is 8.39. The molecule has 5 nitrogen and oxygen atoms in total. The Morgan fingerprint density at radius 3 is 2.42 bits per heavy atom. The number of hydrogen-bond donors (Lipinski definition) is 2. The molecule has 0 spiro atoms. The van der Waals surface area contributed by atoms with E-state index in [1.807, 2.05) is 26.0 Å². The van der Waals surface area contributed by atoms with Crippen LogP contribution in [0.5, 0.6) is 11.5 Å². The number of nitrogens with one attached hydrogen (secondary N) is 2. The van der Waals surface area contributed by atoms with Crippen LogP contribution < -0.4 is 20.1 Å². The van der Waals surface area contributed by atoms with Gasteiger partial charge in [-0.25, -0.2) is 9.18 Å². The van der Waals surface area contributed by atoms with Gasteiger partial charge in [0, 0.05) is 6.54 Å². The molecule has 0 aliphatic carbocycles. The number of amides is 2. The van der Waals surface area contributed by atoms with Crippen LogP contribution in [0.1, 0.15) is 25.0 Å². The van der Waals surface area contributed by atoms with Crippen molar-refractivity contribution in [3.8, 4) is 11.5 Å². The highest BCUT2D eigenvalue weighted by Crippen LogP contribution is 2.31. The van der Waals surface area contributed by atoms with Crippen molar-refractivity contribution in [3.63, 3.8) is 0 Å². The molecular weight excluding hydrogens is 335 g/mol. The minimum absolute atomic E-state index is 0.264. The van der Waals surface area contributed by atoms with Gasteiger partial charge in [-0.3, -0.25) is 0 Å².